The summed E-state index contributed by atoms with van der Waals surface area (Å²) in [6.07, 6.45) is 7.68. The Morgan fingerprint density at radius 3 is 2.96 bits per heavy atom. The maximum atomic E-state index is 9.34. The summed E-state index contributed by atoms with van der Waals surface area (Å²) in [6, 6.07) is 8.00. The Bertz CT molecular complexity index is 931. The molecule has 0 spiro atoms. The van der Waals surface area contributed by atoms with Crippen LogP contribution in [0.3, 0.4) is 0 Å². The van der Waals surface area contributed by atoms with Crippen LogP contribution in [-0.4, -0.2) is 32.7 Å². The fourth-order valence-electron chi connectivity index (χ4n) is 3.74. The first-order chi connectivity index (χ1) is 13.2. The van der Waals surface area contributed by atoms with Crippen molar-refractivity contribution < 1.29 is 9.84 Å². The highest BCUT2D eigenvalue weighted by Crippen LogP contribution is 2.43. The van der Waals surface area contributed by atoms with E-state index in [-0.39, 0.29) is 6.61 Å². The largest absolute Gasteiger partial charge is 0.494 e. The van der Waals surface area contributed by atoms with Crippen LogP contribution in [0.15, 0.2) is 36.7 Å². The first-order valence-corrected chi connectivity index (χ1v) is 9.67. The van der Waals surface area contributed by atoms with Crippen LogP contribution in [0.5, 0.6) is 5.75 Å². The molecule has 0 saturated heterocycles. The number of benzene rings is 1. The first-order valence-electron chi connectivity index (χ1n) is 9.67. The number of nitrogen functional groups attached to an aromatic ring is 1. The second-order valence-electron chi connectivity index (χ2n) is 7.30. The number of anilines is 1. The third kappa shape index (κ3) is 3.37. The summed E-state index contributed by atoms with van der Waals surface area (Å²) in [5.41, 5.74) is 8.87. The van der Waals surface area contributed by atoms with Gasteiger partial charge in [-0.05, 0) is 37.3 Å². The van der Waals surface area contributed by atoms with Crippen molar-refractivity contribution in [3.05, 3.63) is 42.5 Å². The minimum atomic E-state index is 0.244. The fraction of sp³-hybridized carbons (Fsp3) is 0.429. The van der Waals surface area contributed by atoms with Crippen molar-refractivity contribution in [3.8, 4) is 17.0 Å². The Morgan fingerprint density at radius 1 is 1.33 bits per heavy atom. The van der Waals surface area contributed by atoms with Crippen molar-refractivity contribution in [1.29, 1.82) is 0 Å². The van der Waals surface area contributed by atoms with Gasteiger partial charge in [0.1, 0.15) is 28.6 Å². The molecule has 142 valence electrons. The van der Waals surface area contributed by atoms with E-state index < -0.39 is 0 Å². The zero-order valence-electron chi connectivity index (χ0n) is 15.6. The van der Waals surface area contributed by atoms with E-state index in [0.29, 0.717) is 24.3 Å². The highest BCUT2D eigenvalue weighted by molar-refractivity contribution is 5.85. The van der Waals surface area contributed by atoms with Crippen LogP contribution >= 0.6 is 0 Å². The number of hydrogen-bond acceptors (Lipinski definition) is 5. The van der Waals surface area contributed by atoms with Gasteiger partial charge in [0.2, 0.25) is 0 Å². The van der Waals surface area contributed by atoms with Crippen molar-refractivity contribution >= 4 is 11.3 Å². The molecule has 4 rings (SSSR count). The third-order valence-corrected chi connectivity index (χ3v) is 5.34. The minimum absolute atomic E-state index is 0.244. The Kier molecular flexibility index (Phi) is 4.99. The SMILES string of the molecule is CCCCOc1cccc(-c2nc([C@H]3C[C@@H](CO)C3)n3ccnc(N)c23)c1. The van der Waals surface area contributed by atoms with Gasteiger partial charge in [0, 0.05) is 30.5 Å². The van der Waals surface area contributed by atoms with E-state index in [1.54, 1.807) is 6.20 Å². The summed E-state index contributed by atoms with van der Waals surface area (Å²) in [7, 11) is 0. The molecule has 1 aliphatic carbocycles. The Morgan fingerprint density at radius 2 is 2.19 bits per heavy atom. The number of nitrogens with zero attached hydrogens (tertiary/aromatic N) is 3. The molecule has 0 bridgehead atoms. The van der Waals surface area contributed by atoms with E-state index in [1.807, 2.05) is 30.5 Å². The number of rotatable bonds is 7. The number of fused-ring (bicyclic) bond motifs is 1. The zero-order chi connectivity index (χ0) is 18.8. The van der Waals surface area contributed by atoms with Gasteiger partial charge in [-0.25, -0.2) is 9.97 Å². The molecule has 2 aromatic heterocycles. The van der Waals surface area contributed by atoms with Crippen LogP contribution < -0.4 is 10.5 Å². The normalized spacial score (nSPS) is 19.2. The second-order valence-corrected chi connectivity index (χ2v) is 7.30. The number of hydrogen-bond donors (Lipinski definition) is 2. The van der Waals surface area contributed by atoms with E-state index in [2.05, 4.69) is 16.3 Å². The number of ether oxygens (including phenoxy) is 1. The van der Waals surface area contributed by atoms with E-state index in [9.17, 15) is 5.11 Å². The summed E-state index contributed by atoms with van der Waals surface area (Å²) in [6.45, 7) is 3.10. The number of unbranched alkanes of at least 4 members (excludes halogenated alkanes) is 1. The lowest BCUT2D eigenvalue weighted by Gasteiger charge is -2.32. The van der Waals surface area contributed by atoms with Crippen LogP contribution in [0.25, 0.3) is 16.8 Å². The van der Waals surface area contributed by atoms with Gasteiger partial charge in [-0.15, -0.1) is 0 Å². The van der Waals surface area contributed by atoms with Gasteiger partial charge in [0.05, 0.1) is 6.61 Å². The van der Waals surface area contributed by atoms with Crippen molar-refractivity contribution in [1.82, 2.24) is 14.4 Å². The van der Waals surface area contributed by atoms with Gasteiger partial charge in [-0.1, -0.05) is 25.5 Å². The summed E-state index contributed by atoms with van der Waals surface area (Å²) < 4.78 is 7.91. The predicted molar refractivity (Wildman–Crippen MR) is 106 cm³/mol. The molecule has 6 heteroatoms. The van der Waals surface area contributed by atoms with E-state index in [4.69, 9.17) is 15.5 Å². The highest BCUT2D eigenvalue weighted by atomic mass is 16.5. The fourth-order valence-corrected chi connectivity index (χ4v) is 3.74. The van der Waals surface area contributed by atoms with Gasteiger partial charge in [-0.2, -0.15) is 0 Å². The monoisotopic (exact) mass is 366 g/mol. The maximum absolute atomic E-state index is 9.34. The van der Waals surface area contributed by atoms with Crippen molar-refractivity contribution in [3.63, 3.8) is 0 Å². The first kappa shape index (κ1) is 17.8. The molecule has 1 aromatic carbocycles. The number of aliphatic hydroxyl groups is 1. The van der Waals surface area contributed by atoms with E-state index >= 15 is 0 Å². The molecule has 3 aromatic rings. The van der Waals surface area contributed by atoms with Crippen LogP contribution in [0.4, 0.5) is 5.82 Å². The molecule has 3 N–H and O–H groups in total. The quantitative estimate of drug-likeness (QED) is 0.624. The molecule has 6 nitrogen and oxygen atoms in total. The topological polar surface area (TPSA) is 85.7 Å². The molecule has 0 unspecified atom stereocenters. The number of imidazole rings is 1. The number of nitrogens with two attached hydrogens (primary N) is 1. The molecular weight excluding hydrogens is 340 g/mol. The zero-order valence-corrected chi connectivity index (χ0v) is 15.6. The Labute approximate surface area is 159 Å². The summed E-state index contributed by atoms with van der Waals surface area (Å²) in [5.74, 6) is 3.03. The lowest BCUT2D eigenvalue weighted by Crippen LogP contribution is -2.26. The van der Waals surface area contributed by atoms with E-state index in [1.165, 1.54) is 0 Å². The average Bonchev–Trinajstić information content (AvgIpc) is 3.02. The minimum Gasteiger partial charge on any atom is -0.494 e. The molecule has 1 fully saturated rings. The second kappa shape index (κ2) is 7.56. The van der Waals surface area contributed by atoms with Crippen LogP contribution in [0.1, 0.15) is 44.3 Å². The molecule has 27 heavy (non-hydrogen) atoms. The van der Waals surface area contributed by atoms with Crippen molar-refractivity contribution in [2.24, 2.45) is 5.92 Å². The molecule has 0 radical (unpaired) electrons. The molecule has 1 aliphatic rings. The molecule has 0 amide bonds. The van der Waals surface area contributed by atoms with Gasteiger partial charge in [0.15, 0.2) is 0 Å². The van der Waals surface area contributed by atoms with Gasteiger partial charge >= 0.3 is 0 Å². The summed E-state index contributed by atoms with van der Waals surface area (Å²) in [4.78, 5) is 9.22. The lowest BCUT2D eigenvalue weighted by molar-refractivity contribution is 0.138. The van der Waals surface area contributed by atoms with Crippen LogP contribution in [-0.2, 0) is 0 Å². The van der Waals surface area contributed by atoms with Crippen molar-refractivity contribution in [2.45, 2.75) is 38.5 Å². The van der Waals surface area contributed by atoms with Gasteiger partial charge in [0.25, 0.3) is 0 Å². The molecule has 0 atom stereocenters. The number of aliphatic hydroxyl groups excluding tert-OH is 1. The van der Waals surface area contributed by atoms with E-state index in [0.717, 1.165) is 54.0 Å². The summed E-state index contributed by atoms with van der Waals surface area (Å²) in [5, 5.41) is 9.34. The Hall–Kier alpha value is -2.60. The highest BCUT2D eigenvalue weighted by Gasteiger charge is 2.33. The predicted octanol–water partition coefficient (Wildman–Crippen LogP) is 3.64. The molecule has 0 aliphatic heterocycles. The smallest absolute Gasteiger partial charge is 0.150 e. The Balaban J connectivity index is 1.73. The van der Waals surface area contributed by atoms with Crippen LogP contribution in [0, 0.1) is 5.92 Å². The number of aromatic nitrogens is 3. The molecule has 1 saturated carbocycles. The lowest BCUT2D eigenvalue weighted by atomic mass is 9.75. The molecule has 2 heterocycles. The summed E-state index contributed by atoms with van der Waals surface area (Å²) >= 11 is 0. The standard InChI is InChI=1S/C21H26N4O2/c1-2-3-9-27-17-6-4-5-15(12-17)18-19-20(22)23-7-8-25(19)21(24-18)16-10-14(11-16)13-26/h4-8,12,14,16,26H,2-3,9-11,13H2,1H3,(H2,22,23)/t14-,16+. The van der Waals surface area contributed by atoms with Gasteiger partial charge < -0.3 is 15.6 Å². The van der Waals surface area contributed by atoms with Crippen LogP contribution in [0.2, 0.25) is 0 Å². The van der Waals surface area contributed by atoms with Gasteiger partial charge in [-0.3, -0.25) is 4.40 Å². The average molecular weight is 366 g/mol. The molecular formula is C21H26N4O2. The maximum Gasteiger partial charge on any atom is 0.150 e. The third-order valence-electron chi connectivity index (χ3n) is 5.34. The van der Waals surface area contributed by atoms with Crippen molar-refractivity contribution in [2.75, 3.05) is 18.9 Å².